The molecule has 3 heteroatoms. The van der Waals surface area contributed by atoms with Gasteiger partial charge in [0.25, 0.3) is 0 Å². The zero-order chi connectivity index (χ0) is 21.0. The Labute approximate surface area is 196 Å². The Morgan fingerprint density at radius 1 is 0.567 bits per heavy atom. The number of halogens is 1. The molecule has 1 aliphatic heterocycles. The molecule has 0 aliphatic carbocycles. The third kappa shape index (κ3) is 21.4. The maximum absolute atomic E-state index is 5.38. The summed E-state index contributed by atoms with van der Waals surface area (Å²) in [5.74, 6) is 0. The highest BCUT2D eigenvalue weighted by Crippen LogP contribution is 2.17. The average Bonchev–Trinajstić information content (AvgIpc) is 3.49. The average molecular weight is 446 g/mol. The van der Waals surface area contributed by atoms with Crippen molar-refractivity contribution in [3.63, 3.8) is 0 Å². The zero-order valence-corrected chi connectivity index (χ0v) is 21.8. The molecule has 1 rings (SSSR count). The number of hydrogen-bond acceptors (Lipinski definition) is 1. The van der Waals surface area contributed by atoms with Crippen LogP contribution in [0, 0.1) is 0 Å². The first kappa shape index (κ1) is 30.2. The molecule has 182 valence electrons. The van der Waals surface area contributed by atoms with Gasteiger partial charge in [-0.2, -0.15) is 0 Å². The summed E-state index contributed by atoms with van der Waals surface area (Å²) in [6.07, 6.45) is 29.8. The lowest BCUT2D eigenvalue weighted by Crippen LogP contribution is -3.00. The van der Waals surface area contributed by atoms with Gasteiger partial charge in [-0.3, -0.25) is 0 Å². The van der Waals surface area contributed by atoms with Gasteiger partial charge in [0.15, 0.2) is 0 Å². The molecule has 1 atom stereocenters. The first-order valence-corrected chi connectivity index (χ1v) is 13.6. The molecular formula is C27H56ClNO. The van der Waals surface area contributed by atoms with Crippen LogP contribution in [0.1, 0.15) is 135 Å². The fraction of sp³-hybridized carbons (Fsp3) is 1.00. The van der Waals surface area contributed by atoms with E-state index in [9.17, 15) is 0 Å². The molecule has 0 aromatic rings. The Kier molecular flexibility index (Phi) is 21.2. The molecule has 1 aliphatic rings. The Morgan fingerprint density at radius 2 is 0.867 bits per heavy atom. The standard InChI is InChI=1S/C27H56NO.ClH/c1-4-5-6-7-8-9-10-11-12-13-14-15-16-17-18-19-20-21-22-23-24-28(2,3)25-27-26-29-27;/h27H,4-26H2,1-3H3;1H/q+1;/p-1. The fourth-order valence-electron chi connectivity index (χ4n) is 4.61. The van der Waals surface area contributed by atoms with Crippen molar-refractivity contribution < 1.29 is 21.6 Å². The molecular weight excluding hydrogens is 390 g/mol. The number of unbranched alkanes of at least 4 members (excludes halogenated alkanes) is 19. The summed E-state index contributed by atoms with van der Waals surface area (Å²) >= 11 is 0. The summed E-state index contributed by atoms with van der Waals surface area (Å²) in [5, 5.41) is 0. The molecule has 0 aromatic carbocycles. The van der Waals surface area contributed by atoms with Crippen LogP contribution in [0.2, 0.25) is 0 Å². The summed E-state index contributed by atoms with van der Waals surface area (Å²) < 4.78 is 6.52. The van der Waals surface area contributed by atoms with Crippen LogP contribution < -0.4 is 12.4 Å². The van der Waals surface area contributed by atoms with Crippen molar-refractivity contribution in [1.82, 2.24) is 0 Å². The Bertz CT molecular complexity index is 344. The molecule has 0 N–H and O–H groups in total. The van der Waals surface area contributed by atoms with Gasteiger partial charge >= 0.3 is 0 Å². The third-order valence-corrected chi connectivity index (χ3v) is 6.72. The van der Waals surface area contributed by atoms with E-state index >= 15 is 0 Å². The number of epoxide rings is 1. The number of ether oxygens (including phenoxy) is 1. The van der Waals surface area contributed by atoms with Crippen molar-refractivity contribution >= 4 is 0 Å². The SMILES string of the molecule is CCCCCCCCCCCCCCCCCCCCCC[N+](C)(C)CC1CO1.[Cl-]. The molecule has 2 nitrogen and oxygen atoms in total. The molecule has 1 fully saturated rings. The van der Waals surface area contributed by atoms with Crippen LogP contribution in [0.15, 0.2) is 0 Å². The largest absolute Gasteiger partial charge is 1.00 e. The molecule has 1 saturated heterocycles. The molecule has 0 bridgehead atoms. The lowest BCUT2D eigenvalue weighted by atomic mass is 10.0. The van der Waals surface area contributed by atoms with E-state index in [1.807, 2.05) is 0 Å². The van der Waals surface area contributed by atoms with Crippen molar-refractivity contribution in [3.05, 3.63) is 0 Å². The minimum absolute atomic E-state index is 0. The number of hydrogen-bond donors (Lipinski definition) is 0. The quantitative estimate of drug-likeness (QED) is 0.118. The lowest BCUT2D eigenvalue weighted by Gasteiger charge is -2.29. The van der Waals surface area contributed by atoms with Gasteiger partial charge in [0, 0.05) is 0 Å². The number of nitrogens with zero attached hydrogens (tertiary/aromatic N) is 1. The predicted octanol–water partition coefficient (Wildman–Crippen LogP) is 5.29. The van der Waals surface area contributed by atoms with Crippen molar-refractivity contribution in [2.45, 2.75) is 141 Å². The van der Waals surface area contributed by atoms with E-state index in [2.05, 4.69) is 21.0 Å². The van der Waals surface area contributed by atoms with Crippen LogP contribution in [0.4, 0.5) is 0 Å². The van der Waals surface area contributed by atoms with Crippen molar-refractivity contribution in [2.24, 2.45) is 0 Å². The Balaban J connectivity index is 0.00000841. The van der Waals surface area contributed by atoms with Gasteiger partial charge in [-0.25, -0.2) is 0 Å². The van der Waals surface area contributed by atoms with E-state index in [-0.39, 0.29) is 12.4 Å². The van der Waals surface area contributed by atoms with E-state index in [1.54, 1.807) is 0 Å². The van der Waals surface area contributed by atoms with E-state index in [4.69, 9.17) is 4.74 Å². The van der Waals surface area contributed by atoms with Crippen LogP contribution in [0.25, 0.3) is 0 Å². The summed E-state index contributed by atoms with van der Waals surface area (Å²) in [6.45, 7) is 5.83. The van der Waals surface area contributed by atoms with Crippen LogP contribution >= 0.6 is 0 Å². The van der Waals surface area contributed by atoms with Gasteiger partial charge < -0.3 is 21.6 Å². The first-order chi connectivity index (χ1) is 14.1. The summed E-state index contributed by atoms with van der Waals surface area (Å²) in [6, 6.07) is 0. The second-order valence-electron chi connectivity index (χ2n) is 10.5. The molecule has 1 unspecified atom stereocenters. The predicted molar refractivity (Wildman–Crippen MR) is 130 cm³/mol. The molecule has 0 saturated carbocycles. The van der Waals surface area contributed by atoms with Crippen LogP contribution in [-0.4, -0.2) is 44.4 Å². The minimum atomic E-state index is 0. The highest BCUT2D eigenvalue weighted by molar-refractivity contribution is 4.67. The maximum Gasteiger partial charge on any atom is 0.130 e. The van der Waals surface area contributed by atoms with Gasteiger partial charge in [0.05, 0.1) is 27.2 Å². The van der Waals surface area contributed by atoms with Crippen molar-refractivity contribution in [2.75, 3.05) is 33.8 Å². The lowest BCUT2D eigenvalue weighted by molar-refractivity contribution is -0.891. The molecule has 30 heavy (non-hydrogen) atoms. The minimum Gasteiger partial charge on any atom is -1.00 e. The van der Waals surface area contributed by atoms with Crippen LogP contribution in [0.3, 0.4) is 0 Å². The molecule has 1 heterocycles. The van der Waals surface area contributed by atoms with Gasteiger partial charge in [0.2, 0.25) is 0 Å². The smallest absolute Gasteiger partial charge is 0.130 e. The first-order valence-electron chi connectivity index (χ1n) is 13.6. The van der Waals surface area contributed by atoms with E-state index < -0.39 is 0 Å². The van der Waals surface area contributed by atoms with E-state index in [0.29, 0.717) is 6.10 Å². The second-order valence-corrected chi connectivity index (χ2v) is 10.5. The van der Waals surface area contributed by atoms with Gasteiger partial charge in [-0.05, 0) is 12.8 Å². The summed E-state index contributed by atoms with van der Waals surface area (Å²) in [7, 11) is 4.72. The maximum atomic E-state index is 5.38. The van der Waals surface area contributed by atoms with Crippen LogP contribution in [0.5, 0.6) is 0 Å². The van der Waals surface area contributed by atoms with Crippen LogP contribution in [-0.2, 0) is 4.74 Å². The summed E-state index contributed by atoms with van der Waals surface area (Å²) in [4.78, 5) is 0. The highest BCUT2D eigenvalue weighted by atomic mass is 35.5. The molecule has 0 radical (unpaired) electrons. The number of quaternary nitrogens is 1. The Hall–Kier alpha value is 0.210. The monoisotopic (exact) mass is 445 g/mol. The van der Waals surface area contributed by atoms with Crippen molar-refractivity contribution in [3.8, 4) is 0 Å². The second kappa shape index (κ2) is 21.1. The summed E-state index contributed by atoms with van der Waals surface area (Å²) in [5.41, 5.74) is 0. The van der Waals surface area contributed by atoms with Crippen molar-refractivity contribution in [1.29, 1.82) is 0 Å². The van der Waals surface area contributed by atoms with E-state index in [1.165, 1.54) is 142 Å². The third-order valence-electron chi connectivity index (χ3n) is 6.72. The fourth-order valence-corrected chi connectivity index (χ4v) is 4.61. The molecule has 0 aromatic heterocycles. The zero-order valence-electron chi connectivity index (χ0n) is 21.1. The highest BCUT2D eigenvalue weighted by Gasteiger charge is 2.30. The van der Waals surface area contributed by atoms with Gasteiger partial charge in [0.1, 0.15) is 12.6 Å². The molecule has 0 spiro atoms. The number of rotatable bonds is 23. The van der Waals surface area contributed by atoms with Gasteiger partial charge in [-0.1, -0.05) is 122 Å². The Morgan fingerprint density at radius 3 is 1.17 bits per heavy atom. The normalized spacial score (nSPS) is 15.9. The molecule has 0 amide bonds. The number of likely N-dealkylation sites (N-methyl/N-ethyl adjacent to an activating group) is 1. The topological polar surface area (TPSA) is 12.5 Å². The van der Waals surface area contributed by atoms with Gasteiger partial charge in [-0.15, -0.1) is 0 Å². The van der Waals surface area contributed by atoms with E-state index in [0.717, 1.165) is 11.1 Å².